The van der Waals surface area contributed by atoms with Crippen molar-refractivity contribution >= 4 is 18.0 Å². The van der Waals surface area contributed by atoms with E-state index in [0.717, 1.165) is 5.56 Å². The molecule has 0 aliphatic carbocycles. The fourth-order valence-corrected chi connectivity index (χ4v) is 4.62. The van der Waals surface area contributed by atoms with Crippen LogP contribution in [0.2, 0.25) is 0 Å². The van der Waals surface area contributed by atoms with Gasteiger partial charge in [0, 0.05) is 19.3 Å². The van der Waals surface area contributed by atoms with Gasteiger partial charge in [-0.1, -0.05) is 45.0 Å². The Morgan fingerprint density at radius 2 is 1.63 bits per heavy atom. The van der Waals surface area contributed by atoms with Crippen molar-refractivity contribution < 1.29 is 23.9 Å². The molecule has 0 aromatic heterocycles. The van der Waals surface area contributed by atoms with E-state index in [4.69, 9.17) is 9.47 Å². The number of rotatable bonds is 7. The summed E-state index contributed by atoms with van der Waals surface area (Å²) in [6, 6.07) is 7.17. The van der Waals surface area contributed by atoms with Crippen LogP contribution in [0.5, 0.6) is 0 Å². The van der Waals surface area contributed by atoms with E-state index in [1.165, 1.54) is 10.5 Å². The number of hydrogen-bond donors (Lipinski definition) is 1. The zero-order chi connectivity index (χ0) is 25.8. The van der Waals surface area contributed by atoms with E-state index in [0.29, 0.717) is 50.4 Å². The maximum atomic E-state index is 13.2. The summed E-state index contributed by atoms with van der Waals surface area (Å²) in [5, 5.41) is 2.98. The molecule has 192 valence electrons. The largest absolute Gasteiger partial charge is 0.466 e. The second kappa shape index (κ2) is 11.2. The number of carbonyl (C=O) groups is 3. The minimum atomic E-state index is -0.598. The zero-order valence-electron chi connectivity index (χ0n) is 21.8. The predicted octanol–water partition coefficient (Wildman–Crippen LogP) is 3.77. The number of piperidine rings is 1. The highest BCUT2D eigenvalue weighted by Crippen LogP contribution is 2.33. The quantitative estimate of drug-likeness (QED) is 0.592. The van der Waals surface area contributed by atoms with E-state index in [1.807, 2.05) is 31.2 Å². The number of nitrogens with zero attached hydrogens (tertiary/aromatic N) is 2. The van der Waals surface area contributed by atoms with Crippen LogP contribution in [0.25, 0.3) is 0 Å². The number of esters is 2. The number of likely N-dealkylation sites (N-methyl/N-ethyl adjacent to an activating group) is 1. The number of hydrogen-bond acceptors (Lipinski definition) is 6. The van der Waals surface area contributed by atoms with Crippen LogP contribution in [-0.2, 0) is 24.5 Å². The van der Waals surface area contributed by atoms with Crippen molar-refractivity contribution in [3.05, 3.63) is 46.7 Å². The zero-order valence-corrected chi connectivity index (χ0v) is 21.8. The van der Waals surface area contributed by atoms with E-state index in [2.05, 4.69) is 31.0 Å². The highest BCUT2D eigenvalue weighted by Gasteiger charge is 2.38. The van der Waals surface area contributed by atoms with E-state index in [1.54, 1.807) is 14.0 Å². The molecule has 1 unspecified atom stereocenters. The number of carbonyl (C=O) groups excluding carboxylic acids is 3. The maximum Gasteiger partial charge on any atom is 0.338 e. The van der Waals surface area contributed by atoms with Crippen molar-refractivity contribution in [2.75, 3.05) is 39.9 Å². The lowest BCUT2D eigenvalue weighted by molar-refractivity contribution is -0.149. The van der Waals surface area contributed by atoms with Gasteiger partial charge in [-0.05, 0) is 56.3 Å². The first-order valence-corrected chi connectivity index (χ1v) is 12.5. The number of ether oxygens (including phenoxy) is 2. The third-order valence-corrected chi connectivity index (χ3v) is 6.76. The first-order valence-electron chi connectivity index (χ1n) is 12.5. The number of amides is 2. The molecule has 0 bridgehead atoms. The van der Waals surface area contributed by atoms with Gasteiger partial charge in [-0.2, -0.15) is 0 Å². The van der Waals surface area contributed by atoms with E-state index in [9.17, 15) is 14.4 Å². The monoisotopic (exact) mass is 485 g/mol. The fourth-order valence-electron chi connectivity index (χ4n) is 4.62. The van der Waals surface area contributed by atoms with Crippen molar-refractivity contribution in [1.29, 1.82) is 0 Å². The van der Waals surface area contributed by atoms with Gasteiger partial charge in [0.2, 0.25) is 0 Å². The first kappa shape index (κ1) is 26.7. The molecule has 1 aromatic carbocycles. The Bertz CT molecular complexity index is 956. The van der Waals surface area contributed by atoms with Gasteiger partial charge >= 0.3 is 18.0 Å². The van der Waals surface area contributed by atoms with Crippen molar-refractivity contribution in [2.45, 2.75) is 58.9 Å². The lowest BCUT2D eigenvalue weighted by Gasteiger charge is -2.38. The van der Waals surface area contributed by atoms with E-state index >= 15 is 0 Å². The van der Waals surface area contributed by atoms with Crippen molar-refractivity contribution in [1.82, 2.24) is 15.1 Å². The molecule has 1 atom stereocenters. The van der Waals surface area contributed by atoms with Crippen molar-refractivity contribution in [3.8, 4) is 0 Å². The highest BCUT2D eigenvalue weighted by molar-refractivity contribution is 5.95. The van der Waals surface area contributed by atoms with Gasteiger partial charge in [0.05, 0.1) is 30.7 Å². The summed E-state index contributed by atoms with van der Waals surface area (Å²) in [5.41, 5.74) is 3.08. The molecule has 1 aromatic rings. The van der Waals surface area contributed by atoms with Gasteiger partial charge in [-0.3, -0.25) is 14.6 Å². The second-order valence-electron chi connectivity index (χ2n) is 10.2. The van der Waals surface area contributed by atoms with Crippen LogP contribution in [0.1, 0.15) is 64.6 Å². The standard InChI is InChI=1S/C27H39N3O5/c1-7-34-24(31)19-13-15-30(16-14-19)17-21-22(25(32)35-8-2)23(28-26(33)29(21)6)18-9-11-20(12-10-18)27(3,4)5/h9-12,19,23H,7-8,13-17H2,1-6H3,(H,28,33). The smallest absolute Gasteiger partial charge is 0.338 e. The lowest BCUT2D eigenvalue weighted by Crippen LogP contribution is -2.50. The van der Waals surface area contributed by atoms with Crippen LogP contribution in [0.4, 0.5) is 4.79 Å². The third-order valence-electron chi connectivity index (χ3n) is 6.76. The molecule has 35 heavy (non-hydrogen) atoms. The first-order chi connectivity index (χ1) is 16.6. The van der Waals surface area contributed by atoms with Crippen molar-refractivity contribution in [3.63, 3.8) is 0 Å². The third kappa shape index (κ3) is 6.23. The fraction of sp³-hybridized carbons (Fsp3) is 0.593. The summed E-state index contributed by atoms with van der Waals surface area (Å²) in [6.07, 6.45) is 1.38. The topological polar surface area (TPSA) is 88.2 Å². The minimum Gasteiger partial charge on any atom is -0.466 e. The van der Waals surface area contributed by atoms with Crippen LogP contribution in [0.3, 0.4) is 0 Å². The molecule has 8 nitrogen and oxygen atoms in total. The molecule has 3 rings (SSSR count). The minimum absolute atomic E-state index is 0.00476. The summed E-state index contributed by atoms with van der Waals surface area (Å²) in [6.45, 7) is 12.4. The van der Waals surface area contributed by atoms with E-state index < -0.39 is 12.0 Å². The van der Waals surface area contributed by atoms with Crippen LogP contribution in [-0.4, -0.2) is 67.7 Å². The molecule has 0 radical (unpaired) electrons. The molecule has 0 spiro atoms. The second-order valence-corrected chi connectivity index (χ2v) is 10.2. The molecule has 1 fully saturated rings. The maximum absolute atomic E-state index is 13.2. The number of likely N-dealkylation sites (tertiary alicyclic amines) is 1. The molecule has 0 saturated carbocycles. The predicted molar refractivity (Wildman–Crippen MR) is 134 cm³/mol. The molecule has 1 saturated heterocycles. The Morgan fingerprint density at radius 1 is 1.03 bits per heavy atom. The molecule has 2 heterocycles. The van der Waals surface area contributed by atoms with Gasteiger partial charge in [-0.25, -0.2) is 9.59 Å². The molecular weight excluding hydrogens is 446 g/mol. The summed E-state index contributed by atoms with van der Waals surface area (Å²) in [4.78, 5) is 41.9. The van der Waals surface area contributed by atoms with Crippen LogP contribution in [0.15, 0.2) is 35.5 Å². The normalized spacial score (nSPS) is 20.0. The average Bonchev–Trinajstić information content (AvgIpc) is 2.82. The Balaban J connectivity index is 1.91. The highest BCUT2D eigenvalue weighted by atomic mass is 16.5. The van der Waals surface area contributed by atoms with Crippen LogP contribution >= 0.6 is 0 Å². The molecule has 2 aliphatic rings. The Kier molecular flexibility index (Phi) is 8.59. The summed E-state index contributed by atoms with van der Waals surface area (Å²) in [5.74, 6) is -0.682. The Labute approximate surface area is 208 Å². The van der Waals surface area contributed by atoms with Crippen LogP contribution in [0, 0.1) is 5.92 Å². The van der Waals surface area contributed by atoms with Crippen LogP contribution < -0.4 is 5.32 Å². The molecular formula is C27H39N3O5. The molecule has 2 amide bonds. The summed E-state index contributed by atoms with van der Waals surface area (Å²) >= 11 is 0. The van der Waals surface area contributed by atoms with Gasteiger partial charge < -0.3 is 14.8 Å². The van der Waals surface area contributed by atoms with Crippen molar-refractivity contribution in [2.24, 2.45) is 5.92 Å². The SMILES string of the molecule is CCOC(=O)C1=C(CN2CCC(C(=O)OCC)CC2)N(C)C(=O)NC1c1ccc(C(C)(C)C)cc1. The summed E-state index contributed by atoms with van der Waals surface area (Å²) in [7, 11) is 1.67. The van der Waals surface area contributed by atoms with E-state index in [-0.39, 0.29) is 29.9 Å². The Hall–Kier alpha value is -2.87. The molecule has 1 N–H and O–H groups in total. The average molecular weight is 486 g/mol. The number of urea groups is 1. The summed E-state index contributed by atoms with van der Waals surface area (Å²) < 4.78 is 10.6. The molecule has 8 heteroatoms. The molecule has 2 aliphatic heterocycles. The number of nitrogens with one attached hydrogen (secondary N) is 1. The van der Waals surface area contributed by atoms with Gasteiger partial charge in [0.25, 0.3) is 0 Å². The Morgan fingerprint density at radius 3 is 2.17 bits per heavy atom. The lowest BCUT2D eigenvalue weighted by atomic mass is 9.85. The van der Waals surface area contributed by atoms with Gasteiger partial charge in [0.1, 0.15) is 0 Å². The van der Waals surface area contributed by atoms with Gasteiger partial charge in [-0.15, -0.1) is 0 Å². The van der Waals surface area contributed by atoms with Gasteiger partial charge in [0.15, 0.2) is 0 Å². The number of benzene rings is 1.